The van der Waals surface area contributed by atoms with Crippen molar-refractivity contribution in [2.75, 3.05) is 41.8 Å². The Balaban J connectivity index is 1.86. The second-order valence-corrected chi connectivity index (χ2v) is 8.46. The Morgan fingerprint density at radius 2 is 1.59 bits per heavy atom. The van der Waals surface area contributed by atoms with Crippen LogP contribution in [0.2, 0.25) is 0 Å². The van der Waals surface area contributed by atoms with Crippen molar-refractivity contribution in [2.24, 2.45) is 0 Å². The number of halogens is 3. The summed E-state index contributed by atoms with van der Waals surface area (Å²) in [5, 5.41) is 0. The minimum absolute atomic E-state index is 0.0300. The van der Waals surface area contributed by atoms with Gasteiger partial charge in [-0.2, -0.15) is 28.1 Å². The van der Waals surface area contributed by atoms with Crippen LogP contribution in [0.3, 0.4) is 0 Å². The predicted molar refractivity (Wildman–Crippen MR) is 115 cm³/mol. The van der Waals surface area contributed by atoms with Crippen LogP contribution in [0.5, 0.6) is 0 Å². The molecule has 0 bridgehead atoms. The number of pyridine rings is 1. The number of nitrogens with zero attached hydrogens (tertiary/aromatic N) is 6. The van der Waals surface area contributed by atoms with Crippen LogP contribution in [-0.4, -0.2) is 58.3 Å². The van der Waals surface area contributed by atoms with Gasteiger partial charge in [-0.25, -0.2) is 4.98 Å². The van der Waals surface area contributed by atoms with E-state index in [0.29, 0.717) is 25.1 Å². The van der Waals surface area contributed by atoms with Crippen LogP contribution in [-0.2, 0) is 10.9 Å². The fourth-order valence-corrected chi connectivity index (χ4v) is 4.28. The Labute approximate surface area is 185 Å². The topological polar surface area (TPSA) is 93.3 Å². The molecule has 0 radical (unpaired) electrons. The molecule has 4 rings (SSSR count). The minimum Gasteiger partial charge on any atom is -0.384 e. The quantitative estimate of drug-likeness (QED) is 0.758. The highest BCUT2D eigenvalue weighted by Crippen LogP contribution is 2.37. The Morgan fingerprint density at radius 1 is 0.969 bits per heavy atom. The third-order valence-corrected chi connectivity index (χ3v) is 5.87. The van der Waals surface area contributed by atoms with Crippen molar-refractivity contribution in [3.63, 3.8) is 0 Å². The normalized spacial score (nSPS) is 22.7. The van der Waals surface area contributed by atoms with Crippen molar-refractivity contribution < 1.29 is 17.9 Å². The fraction of sp³-hybridized carbons (Fsp3) is 0.619. The van der Waals surface area contributed by atoms with Gasteiger partial charge < -0.3 is 20.3 Å². The third-order valence-electron chi connectivity index (χ3n) is 5.87. The van der Waals surface area contributed by atoms with Crippen molar-refractivity contribution in [2.45, 2.75) is 57.8 Å². The zero-order chi connectivity index (χ0) is 22.9. The molecule has 0 amide bonds. The lowest BCUT2D eigenvalue weighted by atomic mass is 10.1. The maximum Gasteiger partial charge on any atom is 0.417 e. The van der Waals surface area contributed by atoms with Gasteiger partial charge in [0.1, 0.15) is 5.82 Å². The van der Waals surface area contributed by atoms with E-state index in [2.05, 4.69) is 15.0 Å². The maximum absolute atomic E-state index is 13.8. The average molecular weight is 451 g/mol. The highest BCUT2D eigenvalue weighted by atomic mass is 19.4. The number of hydrogen-bond donors (Lipinski definition) is 1. The molecule has 2 aromatic rings. The molecule has 2 aliphatic heterocycles. The van der Waals surface area contributed by atoms with E-state index in [1.165, 1.54) is 0 Å². The molecular weight excluding hydrogens is 423 g/mol. The van der Waals surface area contributed by atoms with Crippen LogP contribution in [0.25, 0.3) is 11.4 Å². The van der Waals surface area contributed by atoms with Crippen molar-refractivity contribution in [3.05, 3.63) is 17.8 Å². The van der Waals surface area contributed by atoms with E-state index in [4.69, 9.17) is 15.5 Å². The molecule has 174 valence electrons. The van der Waals surface area contributed by atoms with Gasteiger partial charge in [-0.05, 0) is 32.8 Å². The lowest BCUT2D eigenvalue weighted by molar-refractivity contribution is -0.137. The molecule has 11 heteroatoms. The Morgan fingerprint density at radius 3 is 2.22 bits per heavy atom. The second-order valence-electron chi connectivity index (χ2n) is 8.46. The zero-order valence-electron chi connectivity index (χ0n) is 18.3. The van der Waals surface area contributed by atoms with Crippen molar-refractivity contribution in [3.8, 4) is 11.4 Å². The molecule has 32 heavy (non-hydrogen) atoms. The van der Waals surface area contributed by atoms with E-state index < -0.39 is 11.7 Å². The first-order valence-electron chi connectivity index (χ1n) is 10.9. The SMILES string of the molecule is C[C@@H]1COC[C@H](C)N1c1nc(-c2cnc(N)cc2C(F)(F)F)nc(N2CCCCCC2)n1. The van der Waals surface area contributed by atoms with Crippen LogP contribution in [0.1, 0.15) is 45.1 Å². The smallest absolute Gasteiger partial charge is 0.384 e. The zero-order valence-corrected chi connectivity index (χ0v) is 18.3. The first-order chi connectivity index (χ1) is 15.2. The number of hydrogen-bond acceptors (Lipinski definition) is 8. The van der Waals surface area contributed by atoms with Crippen LogP contribution in [0.15, 0.2) is 12.3 Å². The number of alkyl halides is 3. The van der Waals surface area contributed by atoms with Gasteiger partial charge in [-0.1, -0.05) is 12.8 Å². The number of rotatable bonds is 3. The van der Waals surface area contributed by atoms with E-state index in [1.54, 1.807) is 0 Å². The van der Waals surface area contributed by atoms with Gasteiger partial charge in [0, 0.05) is 19.3 Å². The summed E-state index contributed by atoms with van der Waals surface area (Å²) in [5.74, 6) is 0.476. The summed E-state index contributed by atoms with van der Waals surface area (Å²) in [4.78, 5) is 21.6. The van der Waals surface area contributed by atoms with Gasteiger partial charge in [0.2, 0.25) is 11.9 Å². The van der Waals surface area contributed by atoms with Crippen LogP contribution < -0.4 is 15.5 Å². The highest BCUT2D eigenvalue weighted by molar-refractivity contribution is 5.64. The molecule has 0 spiro atoms. The number of aromatic nitrogens is 4. The molecular formula is C21H28F3N7O. The standard InChI is InChI=1S/C21H28F3N7O/c1-13-11-32-12-14(2)31(13)20-28-18(15-10-26-17(25)9-16(15)21(22,23)24)27-19(29-20)30-7-5-3-4-6-8-30/h9-10,13-14H,3-8,11-12H2,1-2H3,(H2,25,26)/t13-,14+. The minimum atomic E-state index is -4.62. The predicted octanol–water partition coefficient (Wildman–Crippen LogP) is 3.53. The van der Waals surface area contributed by atoms with Gasteiger partial charge in [0.05, 0.1) is 36.4 Å². The molecule has 4 heterocycles. The van der Waals surface area contributed by atoms with Gasteiger partial charge in [-0.3, -0.25) is 0 Å². The van der Waals surface area contributed by atoms with E-state index in [0.717, 1.165) is 51.0 Å². The number of anilines is 3. The molecule has 2 fully saturated rings. The highest BCUT2D eigenvalue weighted by Gasteiger charge is 2.36. The first kappa shape index (κ1) is 22.5. The monoisotopic (exact) mass is 451 g/mol. The van der Waals surface area contributed by atoms with E-state index >= 15 is 0 Å². The van der Waals surface area contributed by atoms with Crippen LogP contribution >= 0.6 is 0 Å². The molecule has 2 atom stereocenters. The third kappa shape index (κ3) is 4.72. The molecule has 2 N–H and O–H groups in total. The summed E-state index contributed by atoms with van der Waals surface area (Å²) in [6.07, 6.45) is 0.658. The summed E-state index contributed by atoms with van der Waals surface area (Å²) < 4.78 is 47.0. The molecule has 0 aromatic carbocycles. The Bertz CT molecular complexity index is 937. The van der Waals surface area contributed by atoms with Crippen LogP contribution in [0, 0.1) is 0 Å². The van der Waals surface area contributed by atoms with E-state index in [9.17, 15) is 13.2 Å². The number of nitrogens with two attached hydrogens (primary N) is 1. The number of ether oxygens (including phenoxy) is 1. The Hall–Kier alpha value is -2.69. The number of morpholine rings is 1. The molecule has 2 saturated heterocycles. The maximum atomic E-state index is 13.8. The molecule has 2 aromatic heterocycles. The van der Waals surface area contributed by atoms with Gasteiger partial charge in [0.15, 0.2) is 5.82 Å². The van der Waals surface area contributed by atoms with E-state index in [-0.39, 0.29) is 29.3 Å². The van der Waals surface area contributed by atoms with Crippen molar-refractivity contribution >= 4 is 17.7 Å². The Kier molecular flexibility index (Phi) is 6.36. The average Bonchev–Trinajstić information content (AvgIpc) is 3.02. The summed E-state index contributed by atoms with van der Waals surface area (Å²) in [6, 6.07) is 0.764. The summed E-state index contributed by atoms with van der Waals surface area (Å²) >= 11 is 0. The summed E-state index contributed by atoms with van der Waals surface area (Å²) in [6.45, 7) is 6.45. The summed E-state index contributed by atoms with van der Waals surface area (Å²) in [5.41, 5.74) is 4.44. The number of nitrogen functional groups attached to an aromatic ring is 1. The van der Waals surface area contributed by atoms with Crippen LogP contribution in [0.4, 0.5) is 30.9 Å². The molecule has 0 saturated carbocycles. The second kappa shape index (κ2) is 9.05. The molecule has 8 nitrogen and oxygen atoms in total. The summed E-state index contributed by atoms with van der Waals surface area (Å²) in [7, 11) is 0. The fourth-order valence-electron chi connectivity index (χ4n) is 4.28. The largest absolute Gasteiger partial charge is 0.417 e. The van der Waals surface area contributed by atoms with Crippen molar-refractivity contribution in [1.82, 2.24) is 19.9 Å². The molecule has 0 aliphatic carbocycles. The molecule has 0 unspecified atom stereocenters. The lowest BCUT2D eigenvalue weighted by Gasteiger charge is -2.39. The molecule has 2 aliphatic rings. The van der Waals surface area contributed by atoms with Crippen molar-refractivity contribution in [1.29, 1.82) is 0 Å². The lowest BCUT2D eigenvalue weighted by Crippen LogP contribution is -2.50. The van der Waals surface area contributed by atoms with Gasteiger partial charge in [-0.15, -0.1) is 0 Å². The first-order valence-corrected chi connectivity index (χ1v) is 10.9. The van der Waals surface area contributed by atoms with Gasteiger partial charge >= 0.3 is 6.18 Å². The van der Waals surface area contributed by atoms with E-state index in [1.807, 2.05) is 23.6 Å². The van der Waals surface area contributed by atoms with Gasteiger partial charge in [0.25, 0.3) is 0 Å².